The predicted octanol–water partition coefficient (Wildman–Crippen LogP) is 4.29. The highest BCUT2D eigenvalue weighted by atomic mass is 16.3. The molecule has 0 saturated heterocycles. The molecule has 0 aliphatic rings. The number of rotatable bonds is 8. The minimum Gasteiger partial charge on any atom is -0.391 e. The van der Waals surface area contributed by atoms with Crippen molar-refractivity contribution in [2.24, 2.45) is 0 Å². The lowest BCUT2D eigenvalue weighted by Gasteiger charge is -2.25. The van der Waals surface area contributed by atoms with Crippen molar-refractivity contribution in [3.8, 4) is 0 Å². The normalized spacial score (nSPS) is 12.2. The van der Waals surface area contributed by atoms with Crippen LogP contribution in [0.25, 0.3) is 0 Å². The molecule has 0 radical (unpaired) electrons. The van der Waals surface area contributed by atoms with Crippen LogP contribution in [0.2, 0.25) is 0 Å². The molecular formula is C23H25NO. The van der Waals surface area contributed by atoms with E-state index < -0.39 is 0 Å². The minimum absolute atomic E-state index is 0.380. The molecule has 0 heterocycles. The molecule has 1 atom stereocenters. The number of hydrogen-bond donors (Lipinski definition) is 1. The van der Waals surface area contributed by atoms with Gasteiger partial charge in [-0.1, -0.05) is 91.0 Å². The van der Waals surface area contributed by atoms with Crippen molar-refractivity contribution in [2.45, 2.75) is 25.6 Å². The van der Waals surface area contributed by atoms with E-state index in [-0.39, 0.29) is 6.10 Å². The largest absolute Gasteiger partial charge is 0.391 e. The second-order valence-electron chi connectivity index (χ2n) is 6.48. The van der Waals surface area contributed by atoms with E-state index in [0.29, 0.717) is 13.0 Å². The fourth-order valence-corrected chi connectivity index (χ4v) is 3.12. The average molecular weight is 331 g/mol. The van der Waals surface area contributed by atoms with Gasteiger partial charge in [0, 0.05) is 19.6 Å². The van der Waals surface area contributed by atoms with Crippen molar-refractivity contribution in [1.29, 1.82) is 0 Å². The highest BCUT2D eigenvalue weighted by molar-refractivity contribution is 5.18. The summed E-state index contributed by atoms with van der Waals surface area (Å²) < 4.78 is 0. The molecule has 0 saturated carbocycles. The van der Waals surface area contributed by atoms with Gasteiger partial charge < -0.3 is 5.11 Å². The molecule has 0 aliphatic carbocycles. The second-order valence-corrected chi connectivity index (χ2v) is 6.48. The van der Waals surface area contributed by atoms with Crippen LogP contribution in [0, 0.1) is 0 Å². The Morgan fingerprint density at radius 2 is 1.00 bits per heavy atom. The summed E-state index contributed by atoms with van der Waals surface area (Å²) in [6.07, 6.45) is 0.302. The Morgan fingerprint density at radius 1 is 0.600 bits per heavy atom. The summed E-state index contributed by atoms with van der Waals surface area (Å²) in [6, 6.07) is 31.1. The Bertz CT molecular complexity index is 686. The monoisotopic (exact) mass is 331 g/mol. The van der Waals surface area contributed by atoms with Gasteiger partial charge in [0.2, 0.25) is 0 Å². The molecule has 2 heteroatoms. The van der Waals surface area contributed by atoms with Gasteiger partial charge in [0.05, 0.1) is 6.10 Å². The van der Waals surface area contributed by atoms with Crippen molar-refractivity contribution in [2.75, 3.05) is 6.54 Å². The van der Waals surface area contributed by atoms with Crippen molar-refractivity contribution < 1.29 is 5.11 Å². The molecule has 3 aromatic carbocycles. The van der Waals surface area contributed by atoms with Crippen LogP contribution in [0.15, 0.2) is 91.0 Å². The highest BCUT2D eigenvalue weighted by Gasteiger charge is 2.13. The van der Waals surface area contributed by atoms with Crippen LogP contribution in [-0.2, 0) is 19.5 Å². The number of aliphatic hydroxyl groups excluding tert-OH is 1. The van der Waals surface area contributed by atoms with Crippen LogP contribution in [0.3, 0.4) is 0 Å². The molecule has 0 unspecified atom stereocenters. The molecule has 0 amide bonds. The van der Waals surface area contributed by atoms with E-state index in [2.05, 4.69) is 65.6 Å². The number of hydrogen-bond acceptors (Lipinski definition) is 2. The summed E-state index contributed by atoms with van der Waals surface area (Å²) in [5.74, 6) is 0. The first-order valence-electron chi connectivity index (χ1n) is 8.82. The Labute approximate surface area is 150 Å². The Hall–Kier alpha value is -2.42. The van der Waals surface area contributed by atoms with Crippen LogP contribution < -0.4 is 0 Å². The second kappa shape index (κ2) is 9.16. The van der Waals surface area contributed by atoms with Crippen LogP contribution >= 0.6 is 0 Å². The number of benzene rings is 3. The molecule has 2 nitrogen and oxygen atoms in total. The topological polar surface area (TPSA) is 23.5 Å². The molecule has 0 bridgehead atoms. The Kier molecular flexibility index (Phi) is 6.38. The fourth-order valence-electron chi connectivity index (χ4n) is 3.12. The molecule has 1 N–H and O–H groups in total. The SMILES string of the molecule is O[C@@H](Cc1ccccc1)CN(Cc1ccccc1)Cc1ccccc1. The van der Waals surface area contributed by atoms with Crippen molar-refractivity contribution in [1.82, 2.24) is 4.90 Å². The van der Waals surface area contributed by atoms with Crippen molar-refractivity contribution >= 4 is 0 Å². The van der Waals surface area contributed by atoms with Crippen LogP contribution in [0.4, 0.5) is 0 Å². The molecule has 0 aromatic heterocycles. The van der Waals surface area contributed by atoms with Gasteiger partial charge in [0.15, 0.2) is 0 Å². The summed E-state index contributed by atoms with van der Waals surface area (Å²) in [7, 11) is 0. The zero-order valence-electron chi connectivity index (χ0n) is 14.5. The maximum Gasteiger partial charge on any atom is 0.0707 e. The predicted molar refractivity (Wildman–Crippen MR) is 103 cm³/mol. The van der Waals surface area contributed by atoms with Gasteiger partial charge in [-0.2, -0.15) is 0 Å². The standard InChI is InChI=1S/C23H25NO/c25-23(16-20-10-4-1-5-11-20)19-24(17-21-12-6-2-7-13-21)18-22-14-8-3-9-15-22/h1-15,23,25H,16-19H2/t23-/m0/s1. The molecular weight excluding hydrogens is 306 g/mol. The summed E-state index contributed by atoms with van der Waals surface area (Å²) >= 11 is 0. The molecule has 0 spiro atoms. The van der Waals surface area contributed by atoms with Crippen LogP contribution in [0.1, 0.15) is 16.7 Å². The van der Waals surface area contributed by atoms with E-state index in [1.54, 1.807) is 0 Å². The van der Waals surface area contributed by atoms with E-state index >= 15 is 0 Å². The van der Waals surface area contributed by atoms with Gasteiger partial charge in [-0.05, 0) is 23.1 Å². The maximum atomic E-state index is 10.6. The lowest BCUT2D eigenvalue weighted by atomic mass is 10.1. The van der Waals surface area contributed by atoms with E-state index in [1.807, 2.05) is 30.3 Å². The summed E-state index contributed by atoms with van der Waals surface area (Å²) in [6.45, 7) is 2.32. The molecule has 128 valence electrons. The average Bonchev–Trinajstić information content (AvgIpc) is 2.64. The van der Waals surface area contributed by atoms with Crippen LogP contribution in [0.5, 0.6) is 0 Å². The number of nitrogens with zero attached hydrogens (tertiary/aromatic N) is 1. The first-order chi connectivity index (χ1) is 12.3. The minimum atomic E-state index is -0.380. The smallest absolute Gasteiger partial charge is 0.0707 e. The fraction of sp³-hybridized carbons (Fsp3) is 0.217. The quantitative estimate of drug-likeness (QED) is 0.665. The van der Waals surface area contributed by atoms with Gasteiger partial charge in [0.25, 0.3) is 0 Å². The summed E-state index contributed by atoms with van der Waals surface area (Å²) in [5, 5.41) is 10.6. The van der Waals surface area contributed by atoms with E-state index in [9.17, 15) is 5.11 Å². The summed E-state index contributed by atoms with van der Waals surface area (Å²) in [5.41, 5.74) is 3.71. The Balaban J connectivity index is 1.66. The third-order valence-corrected chi connectivity index (χ3v) is 4.28. The van der Waals surface area contributed by atoms with Gasteiger partial charge in [-0.15, -0.1) is 0 Å². The third-order valence-electron chi connectivity index (χ3n) is 4.28. The lowest BCUT2D eigenvalue weighted by molar-refractivity contribution is 0.104. The van der Waals surface area contributed by atoms with E-state index in [1.165, 1.54) is 16.7 Å². The zero-order valence-corrected chi connectivity index (χ0v) is 14.5. The van der Waals surface area contributed by atoms with Crippen molar-refractivity contribution in [3.05, 3.63) is 108 Å². The van der Waals surface area contributed by atoms with Crippen molar-refractivity contribution in [3.63, 3.8) is 0 Å². The maximum absolute atomic E-state index is 10.6. The van der Waals surface area contributed by atoms with Crippen LogP contribution in [-0.4, -0.2) is 22.7 Å². The van der Waals surface area contributed by atoms with E-state index in [0.717, 1.165) is 13.1 Å². The molecule has 25 heavy (non-hydrogen) atoms. The Morgan fingerprint density at radius 3 is 1.44 bits per heavy atom. The van der Waals surface area contributed by atoms with Gasteiger partial charge >= 0.3 is 0 Å². The van der Waals surface area contributed by atoms with Gasteiger partial charge in [0.1, 0.15) is 0 Å². The third kappa shape index (κ3) is 5.86. The summed E-state index contributed by atoms with van der Waals surface area (Å²) in [4.78, 5) is 2.32. The van der Waals surface area contributed by atoms with E-state index in [4.69, 9.17) is 0 Å². The zero-order chi connectivity index (χ0) is 17.3. The number of aliphatic hydroxyl groups is 1. The highest BCUT2D eigenvalue weighted by Crippen LogP contribution is 2.12. The lowest BCUT2D eigenvalue weighted by Crippen LogP contribution is -2.33. The first-order valence-corrected chi connectivity index (χ1v) is 8.82. The molecule has 3 rings (SSSR count). The van der Waals surface area contributed by atoms with Gasteiger partial charge in [-0.25, -0.2) is 0 Å². The molecule has 0 fully saturated rings. The van der Waals surface area contributed by atoms with Gasteiger partial charge in [-0.3, -0.25) is 4.90 Å². The first kappa shape index (κ1) is 17.4. The molecule has 0 aliphatic heterocycles. The molecule has 3 aromatic rings.